The molecule has 5 N–H and O–H groups in total. The van der Waals surface area contributed by atoms with Crippen molar-refractivity contribution >= 4 is 55.0 Å². The second-order valence-electron chi connectivity index (χ2n) is 8.89. The SMILES string of the molecule is COc1ccc(CNS(=O)(=O)c2ccnc(-c3cccc4cc(C(N)c5nc(NC(=O)O)ccc5Cl)sc34)c2)cc1. The lowest BCUT2D eigenvalue weighted by Gasteiger charge is -2.12. The van der Waals surface area contributed by atoms with Gasteiger partial charge >= 0.3 is 6.09 Å². The van der Waals surface area contributed by atoms with Gasteiger partial charge in [-0.15, -0.1) is 11.3 Å². The Morgan fingerprint density at radius 3 is 2.63 bits per heavy atom. The molecule has 0 spiro atoms. The molecular formula is C28H24ClN5O5S2. The molecule has 41 heavy (non-hydrogen) atoms. The number of sulfonamides is 1. The van der Waals surface area contributed by atoms with E-state index in [-0.39, 0.29) is 17.3 Å². The van der Waals surface area contributed by atoms with E-state index in [1.54, 1.807) is 31.4 Å². The largest absolute Gasteiger partial charge is 0.497 e. The Balaban J connectivity index is 1.43. The highest BCUT2D eigenvalue weighted by molar-refractivity contribution is 7.89. The monoisotopic (exact) mass is 609 g/mol. The average Bonchev–Trinajstić information content (AvgIpc) is 3.41. The van der Waals surface area contributed by atoms with Gasteiger partial charge in [0.2, 0.25) is 10.0 Å². The Morgan fingerprint density at radius 1 is 1.12 bits per heavy atom. The molecule has 0 aliphatic carbocycles. The Labute approximate surface area is 244 Å². The molecule has 0 aliphatic heterocycles. The third-order valence-electron chi connectivity index (χ3n) is 6.22. The van der Waals surface area contributed by atoms with Crippen LogP contribution in [0, 0.1) is 0 Å². The van der Waals surface area contributed by atoms with Crippen LogP contribution >= 0.6 is 22.9 Å². The van der Waals surface area contributed by atoms with Gasteiger partial charge in [0.15, 0.2) is 0 Å². The molecule has 2 aromatic carbocycles. The van der Waals surface area contributed by atoms with Crippen molar-refractivity contribution in [3.8, 4) is 17.0 Å². The first-order valence-electron chi connectivity index (χ1n) is 12.2. The smallest absolute Gasteiger partial charge is 0.410 e. The summed E-state index contributed by atoms with van der Waals surface area (Å²) in [5, 5.41) is 12.4. The number of hydrogen-bond acceptors (Lipinski definition) is 8. The summed E-state index contributed by atoms with van der Waals surface area (Å²) >= 11 is 7.75. The van der Waals surface area contributed by atoms with Gasteiger partial charge in [0.25, 0.3) is 0 Å². The number of pyridine rings is 2. The quantitative estimate of drug-likeness (QED) is 0.167. The molecule has 0 radical (unpaired) electrons. The number of carbonyl (C=O) groups is 1. The van der Waals surface area contributed by atoms with Crippen molar-refractivity contribution in [1.29, 1.82) is 0 Å². The number of nitrogens with two attached hydrogens (primary N) is 1. The zero-order valence-corrected chi connectivity index (χ0v) is 23.9. The Bertz CT molecular complexity index is 1850. The summed E-state index contributed by atoms with van der Waals surface area (Å²) < 4.78 is 34.9. The fraction of sp³-hybridized carbons (Fsp3) is 0.107. The summed E-state index contributed by atoms with van der Waals surface area (Å²) in [4.78, 5) is 20.6. The summed E-state index contributed by atoms with van der Waals surface area (Å²) in [6, 6.07) is 19.9. The number of nitrogens with one attached hydrogen (secondary N) is 2. The second kappa shape index (κ2) is 11.8. The van der Waals surface area contributed by atoms with E-state index < -0.39 is 22.2 Å². The highest BCUT2D eigenvalue weighted by Gasteiger charge is 2.21. The minimum Gasteiger partial charge on any atom is -0.497 e. The Hall–Kier alpha value is -4.07. The van der Waals surface area contributed by atoms with Crippen LogP contribution in [0.4, 0.5) is 10.6 Å². The molecule has 13 heteroatoms. The van der Waals surface area contributed by atoms with Crippen LogP contribution in [-0.4, -0.2) is 36.7 Å². The molecule has 210 valence electrons. The van der Waals surface area contributed by atoms with E-state index in [0.717, 1.165) is 26.1 Å². The first-order valence-corrected chi connectivity index (χ1v) is 14.9. The van der Waals surface area contributed by atoms with Crippen LogP contribution in [0.1, 0.15) is 22.2 Å². The summed E-state index contributed by atoms with van der Waals surface area (Å²) in [5.74, 6) is 0.794. The van der Waals surface area contributed by atoms with E-state index in [1.807, 2.05) is 24.3 Å². The number of ether oxygens (including phenoxy) is 1. The van der Waals surface area contributed by atoms with Gasteiger partial charge in [0.1, 0.15) is 11.6 Å². The molecule has 0 saturated heterocycles. The average molecular weight is 610 g/mol. The fourth-order valence-corrected chi connectivity index (χ4v) is 6.60. The van der Waals surface area contributed by atoms with Crippen molar-refractivity contribution < 1.29 is 23.1 Å². The summed E-state index contributed by atoms with van der Waals surface area (Å²) in [7, 11) is -2.26. The topological polar surface area (TPSA) is 157 Å². The van der Waals surface area contributed by atoms with E-state index in [0.29, 0.717) is 22.2 Å². The maximum Gasteiger partial charge on any atom is 0.410 e. The number of halogens is 1. The van der Waals surface area contributed by atoms with Crippen molar-refractivity contribution in [1.82, 2.24) is 14.7 Å². The van der Waals surface area contributed by atoms with Gasteiger partial charge in [0.05, 0.1) is 34.5 Å². The minimum absolute atomic E-state index is 0.0835. The van der Waals surface area contributed by atoms with Gasteiger partial charge in [-0.25, -0.2) is 22.9 Å². The molecular weight excluding hydrogens is 586 g/mol. The molecule has 1 amide bonds. The van der Waals surface area contributed by atoms with Crippen molar-refractivity contribution in [2.45, 2.75) is 17.5 Å². The number of carboxylic acid groups (broad SMARTS) is 1. The van der Waals surface area contributed by atoms with E-state index >= 15 is 0 Å². The summed E-state index contributed by atoms with van der Waals surface area (Å²) in [6.45, 7) is 0.117. The molecule has 3 heterocycles. The number of thiophene rings is 1. The molecule has 1 atom stereocenters. The van der Waals surface area contributed by atoms with E-state index in [9.17, 15) is 13.2 Å². The predicted octanol–water partition coefficient (Wildman–Crippen LogP) is 5.64. The first-order chi connectivity index (χ1) is 19.6. The fourth-order valence-electron chi connectivity index (χ4n) is 4.16. The van der Waals surface area contributed by atoms with Gasteiger partial charge in [-0.2, -0.15) is 0 Å². The van der Waals surface area contributed by atoms with Gasteiger partial charge in [-0.05, 0) is 53.4 Å². The standard InChI is InChI=1S/C28H24ClN5O5S2/c1-39-18-7-5-16(6-8-18)15-32-41(37,38)19-11-12-31-22(14-19)20-4-2-3-17-13-23(40-27(17)20)25(30)26-21(29)9-10-24(33-26)34-28(35)36/h2-14,25,32H,15,30H2,1H3,(H,33,34)(H,35,36). The molecule has 3 aromatic heterocycles. The summed E-state index contributed by atoms with van der Waals surface area (Å²) in [6.07, 6.45) is 0.208. The molecule has 5 rings (SSSR count). The highest BCUT2D eigenvalue weighted by atomic mass is 35.5. The molecule has 0 bridgehead atoms. The van der Waals surface area contributed by atoms with E-state index in [1.165, 1.54) is 41.8 Å². The Morgan fingerprint density at radius 2 is 1.90 bits per heavy atom. The number of fused-ring (bicyclic) bond motifs is 1. The molecule has 0 aliphatic rings. The number of anilines is 1. The Kier molecular flexibility index (Phi) is 8.20. The summed E-state index contributed by atoms with van der Waals surface area (Å²) in [5.41, 5.74) is 8.85. The van der Waals surface area contributed by atoms with Crippen LogP contribution in [0.3, 0.4) is 0 Å². The van der Waals surface area contributed by atoms with Gasteiger partial charge in [-0.1, -0.05) is 41.9 Å². The van der Waals surface area contributed by atoms with Crippen LogP contribution in [-0.2, 0) is 16.6 Å². The number of aromatic nitrogens is 2. The number of methoxy groups -OCH3 is 1. The molecule has 1 unspecified atom stereocenters. The van der Waals surface area contributed by atoms with Crippen LogP contribution in [0.5, 0.6) is 5.75 Å². The van der Waals surface area contributed by atoms with Gasteiger partial charge in [0, 0.05) is 27.9 Å². The third-order valence-corrected chi connectivity index (χ3v) is 9.20. The first kappa shape index (κ1) is 28.5. The molecule has 10 nitrogen and oxygen atoms in total. The molecule has 0 fully saturated rings. The lowest BCUT2D eigenvalue weighted by atomic mass is 10.1. The number of benzene rings is 2. The van der Waals surface area contributed by atoms with Gasteiger partial charge in [-0.3, -0.25) is 10.3 Å². The van der Waals surface area contributed by atoms with Crippen molar-refractivity contribution in [2.24, 2.45) is 5.73 Å². The van der Waals surface area contributed by atoms with Crippen LogP contribution in [0.15, 0.2) is 83.9 Å². The number of amides is 1. The second-order valence-corrected chi connectivity index (χ2v) is 12.2. The number of rotatable bonds is 9. The molecule has 0 saturated carbocycles. The van der Waals surface area contributed by atoms with Crippen LogP contribution in [0.25, 0.3) is 21.3 Å². The minimum atomic E-state index is -3.83. The lowest BCUT2D eigenvalue weighted by molar-refractivity contribution is 0.209. The maximum absolute atomic E-state index is 13.1. The van der Waals surface area contributed by atoms with Gasteiger partial charge < -0.3 is 15.6 Å². The third kappa shape index (κ3) is 6.32. The lowest BCUT2D eigenvalue weighted by Crippen LogP contribution is -2.23. The van der Waals surface area contributed by atoms with Crippen molar-refractivity contribution in [2.75, 3.05) is 12.4 Å². The zero-order chi connectivity index (χ0) is 29.1. The number of nitrogens with zero attached hydrogens (tertiary/aromatic N) is 2. The van der Waals surface area contributed by atoms with Crippen molar-refractivity contribution in [3.63, 3.8) is 0 Å². The maximum atomic E-state index is 13.1. The normalized spacial score (nSPS) is 12.3. The van der Waals surface area contributed by atoms with E-state index in [4.69, 9.17) is 27.2 Å². The highest BCUT2D eigenvalue weighted by Crippen LogP contribution is 2.39. The van der Waals surface area contributed by atoms with Crippen LogP contribution < -0.4 is 20.5 Å². The predicted molar refractivity (Wildman–Crippen MR) is 159 cm³/mol. The van der Waals surface area contributed by atoms with E-state index in [2.05, 4.69) is 20.0 Å². The van der Waals surface area contributed by atoms with Crippen molar-refractivity contribution in [3.05, 3.63) is 100 Å². The molecule has 5 aromatic rings. The number of hydrogen-bond donors (Lipinski definition) is 4. The zero-order valence-electron chi connectivity index (χ0n) is 21.5. The van der Waals surface area contributed by atoms with Crippen LogP contribution in [0.2, 0.25) is 5.02 Å².